The lowest BCUT2D eigenvalue weighted by Crippen LogP contribution is -2.63. The van der Waals surface area contributed by atoms with Crippen molar-refractivity contribution in [2.75, 3.05) is 18.8 Å². The van der Waals surface area contributed by atoms with E-state index in [4.69, 9.17) is 0 Å². The Morgan fingerprint density at radius 2 is 1.90 bits per heavy atom. The largest absolute Gasteiger partial charge is 0.345 e. The van der Waals surface area contributed by atoms with Gasteiger partial charge < -0.3 is 10.2 Å². The summed E-state index contributed by atoms with van der Waals surface area (Å²) in [6.07, 6.45) is 0. The number of rotatable bonds is 4. The van der Waals surface area contributed by atoms with E-state index >= 15 is 0 Å². The molecule has 1 fully saturated rings. The van der Waals surface area contributed by atoms with Gasteiger partial charge in [0.25, 0.3) is 0 Å². The number of thioether (sulfide) groups is 1. The van der Waals surface area contributed by atoms with Gasteiger partial charge in [0.05, 0.1) is 6.54 Å². The first-order valence-corrected chi connectivity index (χ1v) is 8.13. The lowest BCUT2D eigenvalue weighted by molar-refractivity contribution is -0.149. The molecule has 1 aromatic carbocycles. The highest BCUT2D eigenvalue weighted by molar-refractivity contribution is 7.99. The highest BCUT2D eigenvalue weighted by atomic mass is 32.2. The van der Waals surface area contributed by atoms with E-state index in [0.29, 0.717) is 6.54 Å². The molecule has 0 radical (unpaired) electrons. The van der Waals surface area contributed by atoms with Crippen molar-refractivity contribution in [2.45, 2.75) is 31.7 Å². The average molecular weight is 306 g/mol. The Bertz CT molecular complexity index is 511. The Hall–Kier alpha value is -1.49. The van der Waals surface area contributed by atoms with E-state index in [9.17, 15) is 9.59 Å². The van der Waals surface area contributed by atoms with E-state index in [1.165, 1.54) is 4.90 Å². The topological polar surface area (TPSA) is 49.4 Å². The van der Waals surface area contributed by atoms with Crippen LogP contribution in [0.3, 0.4) is 0 Å². The van der Waals surface area contributed by atoms with E-state index in [0.717, 1.165) is 5.75 Å². The number of hydrogen-bond acceptors (Lipinski definition) is 3. The lowest BCUT2D eigenvalue weighted by Gasteiger charge is -2.42. The van der Waals surface area contributed by atoms with Crippen LogP contribution < -0.4 is 5.32 Å². The molecule has 4 nitrogen and oxygen atoms in total. The number of benzene rings is 1. The third kappa shape index (κ3) is 4.00. The SMILES string of the molecule is CC(C)(C)C1C(=O)NCC(=O)N1CCSc1ccccc1. The highest BCUT2D eigenvalue weighted by Gasteiger charge is 2.41. The summed E-state index contributed by atoms with van der Waals surface area (Å²) >= 11 is 1.70. The van der Waals surface area contributed by atoms with Crippen molar-refractivity contribution in [1.29, 1.82) is 0 Å². The molecule has 0 aliphatic carbocycles. The number of carbonyl (C=O) groups is 2. The van der Waals surface area contributed by atoms with Crippen molar-refractivity contribution in [3.8, 4) is 0 Å². The average Bonchev–Trinajstić information content (AvgIpc) is 2.42. The molecule has 1 aliphatic rings. The van der Waals surface area contributed by atoms with Crippen molar-refractivity contribution in [1.82, 2.24) is 10.2 Å². The molecule has 0 aromatic heterocycles. The minimum Gasteiger partial charge on any atom is -0.345 e. The summed E-state index contributed by atoms with van der Waals surface area (Å²) in [4.78, 5) is 27.2. The zero-order valence-corrected chi connectivity index (χ0v) is 13.6. The maximum Gasteiger partial charge on any atom is 0.243 e. The van der Waals surface area contributed by atoms with Crippen molar-refractivity contribution in [3.05, 3.63) is 30.3 Å². The van der Waals surface area contributed by atoms with Crippen molar-refractivity contribution in [2.24, 2.45) is 5.41 Å². The van der Waals surface area contributed by atoms with Crippen LogP contribution in [0.15, 0.2) is 35.2 Å². The number of carbonyl (C=O) groups excluding carboxylic acids is 2. The van der Waals surface area contributed by atoms with E-state index in [1.807, 2.05) is 39.0 Å². The second-order valence-corrected chi connectivity index (χ2v) is 7.40. The molecule has 1 N–H and O–H groups in total. The molecule has 1 unspecified atom stereocenters. The lowest BCUT2D eigenvalue weighted by atomic mass is 9.84. The third-order valence-electron chi connectivity index (χ3n) is 3.46. The molecule has 0 saturated carbocycles. The van der Waals surface area contributed by atoms with Gasteiger partial charge in [-0.3, -0.25) is 9.59 Å². The van der Waals surface area contributed by atoms with Crippen LogP contribution in [0.5, 0.6) is 0 Å². The maximum absolute atomic E-state index is 12.1. The normalized spacial score (nSPS) is 19.6. The maximum atomic E-state index is 12.1. The van der Waals surface area contributed by atoms with E-state index < -0.39 is 6.04 Å². The minimum atomic E-state index is -0.393. The van der Waals surface area contributed by atoms with Crippen LogP contribution in [0, 0.1) is 5.41 Å². The number of hydrogen-bond donors (Lipinski definition) is 1. The molecule has 5 heteroatoms. The van der Waals surface area contributed by atoms with Crippen LogP contribution in [-0.2, 0) is 9.59 Å². The van der Waals surface area contributed by atoms with Gasteiger partial charge in [0, 0.05) is 17.2 Å². The van der Waals surface area contributed by atoms with Gasteiger partial charge in [-0.1, -0.05) is 39.0 Å². The fourth-order valence-electron chi connectivity index (χ4n) is 2.54. The number of nitrogens with one attached hydrogen (secondary N) is 1. The van der Waals surface area contributed by atoms with Crippen LogP contribution >= 0.6 is 11.8 Å². The smallest absolute Gasteiger partial charge is 0.243 e. The zero-order valence-electron chi connectivity index (χ0n) is 12.8. The second kappa shape index (κ2) is 6.52. The molecular formula is C16H22N2O2S. The highest BCUT2D eigenvalue weighted by Crippen LogP contribution is 2.27. The first-order chi connectivity index (χ1) is 9.89. The van der Waals surface area contributed by atoms with Gasteiger partial charge in [-0.25, -0.2) is 0 Å². The van der Waals surface area contributed by atoms with Gasteiger partial charge in [0.1, 0.15) is 6.04 Å². The summed E-state index contributed by atoms with van der Waals surface area (Å²) < 4.78 is 0. The van der Waals surface area contributed by atoms with Gasteiger partial charge in [0.2, 0.25) is 11.8 Å². The summed E-state index contributed by atoms with van der Waals surface area (Å²) in [5.41, 5.74) is -0.266. The Balaban J connectivity index is 2.01. The Labute approximate surface area is 130 Å². The van der Waals surface area contributed by atoms with Gasteiger partial charge in [-0.15, -0.1) is 11.8 Å². The monoisotopic (exact) mass is 306 g/mol. The molecule has 0 spiro atoms. The van der Waals surface area contributed by atoms with Gasteiger partial charge in [-0.2, -0.15) is 0 Å². The Morgan fingerprint density at radius 1 is 1.24 bits per heavy atom. The van der Waals surface area contributed by atoms with Gasteiger partial charge in [-0.05, 0) is 17.5 Å². The number of nitrogens with zero attached hydrogens (tertiary/aromatic N) is 1. The molecule has 2 rings (SSSR count). The molecule has 0 bridgehead atoms. The van der Waals surface area contributed by atoms with Crippen LogP contribution in [0.1, 0.15) is 20.8 Å². The first kappa shape index (κ1) is 15.9. The fourth-order valence-corrected chi connectivity index (χ4v) is 3.41. The minimum absolute atomic E-state index is 0.00295. The van der Waals surface area contributed by atoms with Crippen LogP contribution in [0.2, 0.25) is 0 Å². The molecule has 1 heterocycles. The quantitative estimate of drug-likeness (QED) is 0.867. The molecule has 114 valence electrons. The Morgan fingerprint density at radius 3 is 2.52 bits per heavy atom. The first-order valence-electron chi connectivity index (χ1n) is 7.14. The summed E-state index contributed by atoms with van der Waals surface area (Å²) in [5.74, 6) is 0.741. The summed E-state index contributed by atoms with van der Waals surface area (Å²) in [6, 6.07) is 9.69. The van der Waals surface area contributed by atoms with Gasteiger partial charge >= 0.3 is 0 Å². The van der Waals surface area contributed by atoms with E-state index in [-0.39, 0.29) is 23.8 Å². The predicted octanol–water partition coefficient (Wildman–Crippen LogP) is 2.15. The summed E-state index contributed by atoms with van der Waals surface area (Å²) in [7, 11) is 0. The molecule has 1 aromatic rings. The molecule has 2 amide bonds. The Kier molecular flexibility index (Phi) is 4.93. The summed E-state index contributed by atoms with van der Waals surface area (Å²) in [6.45, 7) is 6.68. The van der Waals surface area contributed by atoms with Gasteiger partial charge in [0.15, 0.2) is 0 Å². The van der Waals surface area contributed by atoms with Crippen molar-refractivity contribution >= 4 is 23.6 Å². The molecule has 1 atom stereocenters. The van der Waals surface area contributed by atoms with Crippen LogP contribution in [-0.4, -0.2) is 41.6 Å². The van der Waals surface area contributed by atoms with Crippen LogP contribution in [0.25, 0.3) is 0 Å². The molecule has 21 heavy (non-hydrogen) atoms. The van der Waals surface area contributed by atoms with Crippen molar-refractivity contribution < 1.29 is 9.59 Å². The van der Waals surface area contributed by atoms with E-state index in [2.05, 4.69) is 17.4 Å². The zero-order chi connectivity index (χ0) is 15.5. The number of amides is 2. The standard InChI is InChI=1S/C16H22N2O2S/c1-16(2,3)14-15(20)17-11-13(19)18(14)9-10-21-12-7-5-4-6-8-12/h4-8,14H,9-11H2,1-3H3,(H,17,20). The second-order valence-electron chi connectivity index (χ2n) is 6.24. The van der Waals surface area contributed by atoms with Crippen molar-refractivity contribution in [3.63, 3.8) is 0 Å². The van der Waals surface area contributed by atoms with E-state index in [1.54, 1.807) is 16.7 Å². The summed E-state index contributed by atoms with van der Waals surface area (Å²) in [5, 5.41) is 2.69. The number of piperazine rings is 1. The van der Waals surface area contributed by atoms with Crippen LogP contribution in [0.4, 0.5) is 0 Å². The molecule has 1 saturated heterocycles. The third-order valence-corrected chi connectivity index (χ3v) is 4.45. The fraction of sp³-hybridized carbons (Fsp3) is 0.500. The molecule has 1 aliphatic heterocycles. The molecular weight excluding hydrogens is 284 g/mol. The predicted molar refractivity (Wildman–Crippen MR) is 85.1 cm³/mol.